The minimum absolute atomic E-state index is 0.0115. The van der Waals surface area contributed by atoms with E-state index >= 15 is 0 Å². The summed E-state index contributed by atoms with van der Waals surface area (Å²) in [5.41, 5.74) is 5.31. The van der Waals surface area contributed by atoms with Gasteiger partial charge in [-0.3, -0.25) is 0 Å². The molecule has 0 saturated carbocycles. The molecule has 0 spiro atoms. The lowest BCUT2D eigenvalue weighted by Gasteiger charge is -2.34. The molecule has 0 atom stereocenters. The van der Waals surface area contributed by atoms with Gasteiger partial charge in [-0.15, -0.1) is 0 Å². The van der Waals surface area contributed by atoms with Gasteiger partial charge in [-0.1, -0.05) is 81.2 Å². The molecule has 0 aliphatic heterocycles. The maximum absolute atomic E-state index is 6.81. The van der Waals surface area contributed by atoms with Gasteiger partial charge < -0.3 is 0 Å². The van der Waals surface area contributed by atoms with Gasteiger partial charge in [0.05, 0.1) is 10.0 Å². The summed E-state index contributed by atoms with van der Waals surface area (Å²) in [6, 6.07) is 13.0. The first-order chi connectivity index (χ1) is 11.9. The maximum atomic E-state index is 6.81. The van der Waals surface area contributed by atoms with E-state index in [-0.39, 0.29) is 5.41 Å². The molecule has 0 aromatic heterocycles. The molecule has 3 rings (SSSR count). The Balaban J connectivity index is 2.23. The van der Waals surface area contributed by atoms with Crippen molar-refractivity contribution in [1.82, 2.24) is 0 Å². The molecule has 25 heavy (non-hydrogen) atoms. The second-order valence-electron chi connectivity index (χ2n) is 8.28. The molecule has 0 heterocycles. The Morgan fingerprint density at radius 1 is 0.800 bits per heavy atom. The highest BCUT2D eigenvalue weighted by molar-refractivity contribution is 6.43. The summed E-state index contributed by atoms with van der Waals surface area (Å²) in [4.78, 5) is 0. The first kappa shape index (κ1) is 18.8. The molecule has 0 bridgehead atoms. The number of hydrogen-bond acceptors (Lipinski definition) is 0. The number of fused-ring (bicyclic) bond motifs is 3. The molecule has 0 nitrogen and oxygen atoms in total. The van der Waals surface area contributed by atoms with Crippen LogP contribution in [0.25, 0.3) is 11.1 Å². The Kier molecular flexibility index (Phi) is 5.51. The molecule has 0 radical (unpaired) electrons. The number of halogens is 2. The van der Waals surface area contributed by atoms with Crippen LogP contribution in [0.15, 0.2) is 36.4 Å². The monoisotopic (exact) mass is 374 g/mol. The molecule has 1 aliphatic carbocycles. The second kappa shape index (κ2) is 7.33. The van der Waals surface area contributed by atoms with Gasteiger partial charge in [-0.05, 0) is 65.8 Å². The fourth-order valence-electron chi connectivity index (χ4n) is 4.23. The van der Waals surface area contributed by atoms with Crippen LogP contribution in [-0.4, -0.2) is 0 Å². The molecule has 0 fully saturated rings. The van der Waals surface area contributed by atoms with Crippen LogP contribution >= 0.6 is 23.2 Å². The third kappa shape index (κ3) is 3.36. The van der Waals surface area contributed by atoms with Crippen molar-refractivity contribution in [2.45, 2.75) is 58.8 Å². The van der Waals surface area contributed by atoms with Crippen LogP contribution in [-0.2, 0) is 5.41 Å². The van der Waals surface area contributed by atoms with Crippen molar-refractivity contribution in [3.8, 4) is 11.1 Å². The first-order valence-corrected chi connectivity index (χ1v) is 10.2. The molecule has 2 aromatic rings. The minimum atomic E-state index is -0.0115. The number of rotatable bonds is 6. The molecule has 2 aromatic carbocycles. The Bertz CT molecular complexity index is 747. The summed E-state index contributed by atoms with van der Waals surface area (Å²) in [5, 5.41) is 1.43. The predicted molar refractivity (Wildman–Crippen MR) is 111 cm³/mol. The molecular weight excluding hydrogens is 347 g/mol. The van der Waals surface area contributed by atoms with Crippen LogP contribution in [0.1, 0.15) is 64.5 Å². The van der Waals surface area contributed by atoms with Crippen molar-refractivity contribution in [2.24, 2.45) is 11.8 Å². The summed E-state index contributed by atoms with van der Waals surface area (Å²) < 4.78 is 0. The summed E-state index contributed by atoms with van der Waals surface area (Å²) in [5.74, 6) is 1.34. The van der Waals surface area contributed by atoms with E-state index < -0.39 is 0 Å². The van der Waals surface area contributed by atoms with Crippen LogP contribution in [0.3, 0.4) is 0 Å². The van der Waals surface area contributed by atoms with E-state index in [1.807, 2.05) is 6.07 Å². The van der Waals surface area contributed by atoms with Gasteiger partial charge in [0, 0.05) is 5.41 Å². The Labute approximate surface area is 162 Å². The average molecular weight is 375 g/mol. The topological polar surface area (TPSA) is 0 Å². The molecule has 0 unspecified atom stereocenters. The first-order valence-electron chi connectivity index (χ1n) is 9.45. The fraction of sp³-hybridized carbons (Fsp3) is 0.478. The van der Waals surface area contributed by atoms with Crippen LogP contribution in [0, 0.1) is 11.8 Å². The Morgan fingerprint density at radius 2 is 1.40 bits per heavy atom. The smallest absolute Gasteiger partial charge is 0.0639 e. The van der Waals surface area contributed by atoms with Crippen molar-refractivity contribution >= 4 is 23.2 Å². The third-order valence-corrected chi connectivity index (χ3v) is 6.41. The molecule has 0 amide bonds. The standard InChI is InChI=1S/C23H28Cl2/c1-15(2)11-13-23(14-12-16(3)4)19-8-6-5-7-17(19)18-9-10-20(24)22(25)21(18)23/h5-10,15-16H,11-14H2,1-4H3. The average Bonchev–Trinajstić information content (AvgIpc) is 2.86. The Morgan fingerprint density at radius 3 is 2.00 bits per heavy atom. The highest BCUT2D eigenvalue weighted by Crippen LogP contribution is 2.57. The van der Waals surface area contributed by atoms with Crippen molar-refractivity contribution in [3.05, 3.63) is 57.6 Å². The van der Waals surface area contributed by atoms with E-state index in [0.717, 1.165) is 17.9 Å². The van der Waals surface area contributed by atoms with Crippen LogP contribution in [0.4, 0.5) is 0 Å². The highest BCUT2D eigenvalue weighted by atomic mass is 35.5. The molecule has 2 heteroatoms. The molecule has 0 N–H and O–H groups in total. The zero-order valence-electron chi connectivity index (χ0n) is 15.7. The van der Waals surface area contributed by atoms with Crippen molar-refractivity contribution in [3.63, 3.8) is 0 Å². The van der Waals surface area contributed by atoms with E-state index in [9.17, 15) is 0 Å². The van der Waals surface area contributed by atoms with Crippen LogP contribution in [0.5, 0.6) is 0 Å². The normalized spacial score (nSPS) is 14.9. The van der Waals surface area contributed by atoms with Crippen molar-refractivity contribution in [1.29, 1.82) is 0 Å². The zero-order valence-corrected chi connectivity index (χ0v) is 17.2. The lowest BCUT2D eigenvalue weighted by atomic mass is 9.69. The largest absolute Gasteiger partial charge is 0.0827 e. The van der Waals surface area contributed by atoms with E-state index in [0.29, 0.717) is 16.9 Å². The second-order valence-corrected chi connectivity index (χ2v) is 9.06. The molecule has 1 aliphatic rings. The summed E-state index contributed by atoms with van der Waals surface area (Å²) >= 11 is 13.3. The van der Waals surface area contributed by atoms with E-state index in [4.69, 9.17) is 23.2 Å². The van der Waals surface area contributed by atoms with E-state index in [1.54, 1.807) is 0 Å². The predicted octanol–water partition coefficient (Wildman–Crippen LogP) is 8.13. The van der Waals surface area contributed by atoms with Gasteiger partial charge in [-0.2, -0.15) is 0 Å². The summed E-state index contributed by atoms with van der Waals surface area (Å²) in [6.07, 6.45) is 4.63. The van der Waals surface area contributed by atoms with Gasteiger partial charge in [0.25, 0.3) is 0 Å². The highest BCUT2D eigenvalue weighted by Gasteiger charge is 2.44. The van der Waals surface area contributed by atoms with Gasteiger partial charge in [-0.25, -0.2) is 0 Å². The van der Waals surface area contributed by atoms with Gasteiger partial charge in [0.2, 0.25) is 0 Å². The van der Waals surface area contributed by atoms with Gasteiger partial charge in [0.15, 0.2) is 0 Å². The van der Waals surface area contributed by atoms with Gasteiger partial charge in [0.1, 0.15) is 0 Å². The van der Waals surface area contributed by atoms with E-state index in [1.165, 1.54) is 35.1 Å². The fourth-order valence-corrected chi connectivity index (χ4v) is 4.73. The summed E-state index contributed by atoms with van der Waals surface area (Å²) in [7, 11) is 0. The molecule has 134 valence electrons. The maximum Gasteiger partial charge on any atom is 0.0639 e. The quantitative estimate of drug-likeness (QED) is 0.478. The Hall–Kier alpha value is -0.980. The molecular formula is C23H28Cl2. The number of hydrogen-bond donors (Lipinski definition) is 0. The van der Waals surface area contributed by atoms with Crippen LogP contribution < -0.4 is 0 Å². The lowest BCUT2D eigenvalue weighted by Crippen LogP contribution is -2.27. The van der Waals surface area contributed by atoms with Crippen molar-refractivity contribution < 1.29 is 0 Å². The van der Waals surface area contributed by atoms with E-state index in [2.05, 4.69) is 58.0 Å². The van der Waals surface area contributed by atoms with Crippen LogP contribution in [0.2, 0.25) is 10.0 Å². The third-order valence-electron chi connectivity index (χ3n) is 5.60. The van der Waals surface area contributed by atoms with Crippen molar-refractivity contribution in [2.75, 3.05) is 0 Å². The minimum Gasteiger partial charge on any atom is -0.0827 e. The lowest BCUT2D eigenvalue weighted by molar-refractivity contribution is 0.364. The summed E-state index contributed by atoms with van der Waals surface area (Å²) in [6.45, 7) is 9.21. The molecule has 0 saturated heterocycles. The number of benzene rings is 2. The zero-order chi connectivity index (χ0) is 18.2. The van der Waals surface area contributed by atoms with Gasteiger partial charge >= 0.3 is 0 Å². The SMILES string of the molecule is CC(C)CCC1(CCC(C)C)c2ccccc2-c2ccc(Cl)c(Cl)c21.